The lowest BCUT2D eigenvalue weighted by Crippen LogP contribution is -2.29. The monoisotopic (exact) mass is 294 g/mol. The highest BCUT2D eigenvalue weighted by atomic mass is 15.0. The maximum absolute atomic E-state index is 10.1. The van der Waals surface area contributed by atoms with Crippen LogP contribution in [0.1, 0.15) is 38.2 Å². The Balaban J connectivity index is 2.52. The van der Waals surface area contributed by atoms with Gasteiger partial charge in [0.25, 0.3) is 0 Å². The summed E-state index contributed by atoms with van der Waals surface area (Å²) >= 11 is 0. The Morgan fingerprint density at radius 2 is 1.77 bits per heavy atom. The molecule has 0 bridgehead atoms. The summed E-state index contributed by atoms with van der Waals surface area (Å²) < 4.78 is 0. The Kier molecular flexibility index (Phi) is 5.57. The van der Waals surface area contributed by atoms with Crippen LogP contribution >= 0.6 is 0 Å². The van der Waals surface area contributed by atoms with E-state index < -0.39 is 0 Å². The Labute approximate surface area is 134 Å². The number of fused-ring (bicyclic) bond motifs is 1. The minimum absolute atomic E-state index is 0.388. The predicted molar refractivity (Wildman–Crippen MR) is 93.9 cm³/mol. The number of unbranched alkanes of at least 4 members (excludes halogenated alkanes) is 1. The molecule has 2 aromatic rings. The number of rotatable bonds is 7. The van der Waals surface area contributed by atoms with Crippen molar-refractivity contribution in [3.63, 3.8) is 0 Å². The molecule has 2 heteroatoms. The van der Waals surface area contributed by atoms with Crippen molar-refractivity contribution in [2.75, 3.05) is 20.6 Å². The van der Waals surface area contributed by atoms with Gasteiger partial charge < -0.3 is 4.90 Å². The molecule has 0 aliphatic carbocycles. The number of hydrogen-bond acceptors (Lipinski definition) is 2. The van der Waals surface area contributed by atoms with Gasteiger partial charge in [-0.2, -0.15) is 5.26 Å². The van der Waals surface area contributed by atoms with Crippen molar-refractivity contribution in [1.82, 2.24) is 4.90 Å². The highest BCUT2D eigenvalue weighted by Crippen LogP contribution is 2.37. The van der Waals surface area contributed by atoms with E-state index in [1.54, 1.807) is 0 Å². The van der Waals surface area contributed by atoms with E-state index in [1.807, 2.05) is 0 Å². The summed E-state index contributed by atoms with van der Waals surface area (Å²) in [7, 11) is 4.15. The molecule has 0 saturated heterocycles. The fourth-order valence-corrected chi connectivity index (χ4v) is 3.10. The first-order valence-electron chi connectivity index (χ1n) is 8.17. The highest BCUT2D eigenvalue weighted by Gasteiger charge is 2.33. The average Bonchev–Trinajstić information content (AvgIpc) is 2.55. The van der Waals surface area contributed by atoms with Crippen molar-refractivity contribution in [3.05, 3.63) is 48.0 Å². The minimum atomic E-state index is -0.388. The van der Waals surface area contributed by atoms with Gasteiger partial charge in [0.05, 0.1) is 11.5 Å². The molecule has 0 aromatic heterocycles. The number of nitrogens with zero attached hydrogens (tertiary/aromatic N) is 2. The van der Waals surface area contributed by atoms with Crippen LogP contribution in [0.15, 0.2) is 42.5 Å². The van der Waals surface area contributed by atoms with Gasteiger partial charge in [-0.3, -0.25) is 0 Å². The van der Waals surface area contributed by atoms with Gasteiger partial charge in [-0.25, -0.2) is 0 Å². The second kappa shape index (κ2) is 7.42. The van der Waals surface area contributed by atoms with Crippen molar-refractivity contribution < 1.29 is 0 Å². The zero-order valence-electron chi connectivity index (χ0n) is 14.0. The van der Waals surface area contributed by atoms with Crippen LogP contribution in [0.2, 0.25) is 0 Å². The molecule has 22 heavy (non-hydrogen) atoms. The standard InChI is InChI=1S/C20H26N2/c1-4-5-13-20(16-21,14-15-22(2)3)19-12-8-10-17-9-6-7-11-18(17)19/h6-12H,4-5,13-15H2,1-3H3/t20-/m0/s1. The Bertz CT molecular complexity index is 649. The van der Waals surface area contributed by atoms with Gasteiger partial charge in [-0.15, -0.1) is 0 Å². The van der Waals surface area contributed by atoms with Crippen LogP contribution in [0.4, 0.5) is 0 Å². The lowest BCUT2D eigenvalue weighted by molar-refractivity contribution is 0.339. The first-order valence-corrected chi connectivity index (χ1v) is 8.17. The number of benzene rings is 2. The topological polar surface area (TPSA) is 27.0 Å². The van der Waals surface area contributed by atoms with Crippen LogP contribution in [0.5, 0.6) is 0 Å². The van der Waals surface area contributed by atoms with Gasteiger partial charge >= 0.3 is 0 Å². The molecule has 2 aromatic carbocycles. The lowest BCUT2D eigenvalue weighted by atomic mass is 9.73. The van der Waals surface area contributed by atoms with Crippen LogP contribution in [0.3, 0.4) is 0 Å². The van der Waals surface area contributed by atoms with E-state index in [0.717, 1.165) is 32.2 Å². The van der Waals surface area contributed by atoms with E-state index in [4.69, 9.17) is 0 Å². The van der Waals surface area contributed by atoms with Gasteiger partial charge in [0.1, 0.15) is 0 Å². The van der Waals surface area contributed by atoms with Crippen LogP contribution in [0.25, 0.3) is 10.8 Å². The molecule has 0 saturated carbocycles. The van der Waals surface area contributed by atoms with Crippen LogP contribution in [-0.2, 0) is 5.41 Å². The zero-order chi connectivity index (χ0) is 16.0. The van der Waals surface area contributed by atoms with E-state index in [2.05, 4.69) is 74.5 Å². The van der Waals surface area contributed by atoms with Crippen LogP contribution in [-0.4, -0.2) is 25.5 Å². The second-order valence-corrected chi connectivity index (χ2v) is 6.38. The van der Waals surface area contributed by atoms with Crippen molar-refractivity contribution >= 4 is 10.8 Å². The molecule has 0 heterocycles. The molecule has 0 radical (unpaired) electrons. The van der Waals surface area contributed by atoms with Crippen molar-refractivity contribution in [1.29, 1.82) is 5.26 Å². The number of hydrogen-bond donors (Lipinski definition) is 0. The molecular formula is C20H26N2. The molecule has 116 valence electrons. The van der Waals surface area contributed by atoms with Crippen molar-refractivity contribution in [2.24, 2.45) is 0 Å². The van der Waals surface area contributed by atoms with Crippen molar-refractivity contribution in [3.8, 4) is 6.07 Å². The normalized spacial score (nSPS) is 14.0. The largest absolute Gasteiger partial charge is 0.309 e. The third-order valence-electron chi connectivity index (χ3n) is 4.46. The van der Waals surface area contributed by atoms with E-state index in [9.17, 15) is 5.26 Å². The molecule has 0 aliphatic heterocycles. The summed E-state index contributed by atoms with van der Waals surface area (Å²) in [6.45, 7) is 3.12. The maximum Gasteiger partial charge on any atom is 0.0840 e. The Morgan fingerprint density at radius 3 is 2.45 bits per heavy atom. The predicted octanol–water partition coefficient (Wildman–Crippen LogP) is 4.74. The highest BCUT2D eigenvalue weighted by molar-refractivity contribution is 5.87. The third kappa shape index (κ3) is 3.48. The van der Waals surface area contributed by atoms with E-state index in [0.29, 0.717) is 0 Å². The van der Waals surface area contributed by atoms with Gasteiger partial charge in [0.2, 0.25) is 0 Å². The quantitative estimate of drug-likeness (QED) is 0.737. The molecule has 2 rings (SSSR count). The first kappa shape index (κ1) is 16.5. The SMILES string of the molecule is CCCC[C@@](C#N)(CCN(C)C)c1cccc2ccccc12. The van der Waals surface area contributed by atoms with Gasteiger partial charge in [0, 0.05) is 0 Å². The average molecular weight is 294 g/mol. The van der Waals surface area contributed by atoms with E-state index >= 15 is 0 Å². The molecular weight excluding hydrogens is 268 g/mol. The molecule has 0 fully saturated rings. The fraction of sp³-hybridized carbons (Fsp3) is 0.450. The Hall–Kier alpha value is -1.85. The molecule has 0 amide bonds. The Morgan fingerprint density at radius 1 is 1.05 bits per heavy atom. The summed E-state index contributed by atoms with van der Waals surface area (Å²) in [4.78, 5) is 2.17. The van der Waals surface area contributed by atoms with E-state index in [1.165, 1.54) is 16.3 Å². The van der Waals surface area contributed by atoms with Crippen molar-refractivity contribution in [2.45, 2.75) is 38.0 Å². The summed E-state index contributed by atoms with van der Waals surface area (Å²) in [5, 5.41) is 12.5. The third-order valence-corrected chi connectivity index (χ3v) is 4.46. The summed E-state index contributed by atoms with van der Waals surface area (Å²) in [5.41, 5.74) is 0.810. The summed E-state index contributed by atoms with van der Waals surface area (Å²) in [6, 6.07) is 17.5. The molecule has 2 nitrogen and oxygen atoms in total. The number of nitriles is 1. The smallest absolute Gasteiger partial charge is 0.0840 e. The minimum Gasteiger partial charge on any atom is -0.309 e. The van der Waals surface area contributed by atoms with Gasteiger partial charge in [-0.1, -0.05) is 62.2 Å². The van der Waals surface area contributed by atoms with Crippen LogP contribution in [0, 0.1) is 11.3 Å². The first-order chi connectivity index (χ1) is 10.6. The second-order valence-electron chi connectivity index (χ2n) is 6.38. The summed E-state index contributed by atoms with van der Waals surface area (Å²) in [6.07, 6.45) is 4.02. The molecule has 0 unspecified atom stereocenters. The van der Waals surface area contributed by atoms with Gasteiger partial charge in [0.15, 0.2) is 0 Å². The zero-order valence-corrected chi connectivity index (χ0v) is 14.0. The summed E-state index contributed by atoms with van der Waals surface area (Å²) in [5.74, 6) is 0. The molecule has 0 aliphatic rings. The van der Waals surface area contributed by atoms with E-state index in [-0.39, 0.29) is 5.41 Å². The maximum atomic E-state index is 10.1. The molecule has 1 atom stereocenters. The fourth-order valence-electron chi connectivity index (χ4n) is 3.10. The lowest BCUT2D eigenvalue weighted by Gasteiger charge is -2.30. The molecule has 0 spiro atoms. The van der Waals surface area contributed by atoms with Gasteiger partial charge in [-0.05, 0) is 49.8 Å². The van der Waals surface area contributed by atoms with Crippen LogP contribution < -0.4 is 0 Å². The molecule has 0 N–H and O–H groups in total.